The standard InChI is InChI=1S/C14H14FNO3S2/c15-12-5-3-11(4-6-12)9-21(18,19)10-14(17)16-8-13-2-1-7-20-13/h1-7H,8-10H2,(H,16,17). The summed E-state index contributed by atoms with van der Waals surface area (Å²) >= 11 is 1.49. The molecule has 0 fully saturated rings. The molecule has 21 heavy (non-hydrogen) atoms. The zero-order valence-corrected chi connectivity index (χ0v) is 12.7. The van der Waals surface area contributed by atoms with Gasteiger partial charge in [0.15, 0.2) is 9.84 Å². The number of hydrogen-bond acceptors (Lipinski definition) is 4. The molecule has 2 aromatic rings. The van der Waals surface area contributed by atoms with E-state index < -0.39 is 27.3 Å². The van der Waals surface area contributed by atoms with Crippen LogP contribution in [0.2, 0.25) is 0 Å². The fraction of sp³-hybridized carbons (Fsp3) is 0.214. The number of halogens is 1. The molecule has 1 aromatic carbocycles. The van der Waals surface area contributed by atoms with Gasteiger partial charge in [0.2, 0.25) is 5.91 Å². The van der Waals surface area contributed by atoms with Crippen molar-refractivity contribution in [2.24, 2.45) is 0 Å². The van der Waals surface area contributed by atoms with Gasteiger partial charge in [-0.05, 0) is 29.1 Å². The monoisotopic (exact) mass is 327 g/mol. The fourth-order valence-electron chi connectivity index (χ4n) is 1.74. The summed E-state index contributed by atoms with van der Waals surface area (Å²) in [6.45, 7) is 0.322. The number of amides is 1. The predicted molar refractivity (Wildman–Crippen MR) is 80.1 cm³/mol. The number of sulfone groups is 1. The van der Waals surface area contributed by atoms with Crippen LogP contribution in [0.4, 0.5) is 4.39 Å². The van der Waals surface area contributed by atoms with E-state index in [0.717, 1.165) is 4.88 Å². The molecule has 0 bridgehead atoms. The molecule has 0 aliphatic carbocycles. The van der Waals surface area contributed by atoms with E-state index in [2.05, 4.69) is 5.32 Å². The molecule has 0 aliphatic heterocycles. The van der Waals surface area contributed by atoms with Crippen LogP contribution in [0.1, 0.15) is 10.4 Å². The van der Waals surface area contributed by atoms with Gasteiger partial charge in [-0.25, -0.2) is 12.8 Å². The third-order valence-electron chi connectivity index (χ3n) is 2.69. The second-order valence-corrected chi connectivity index (χ2v) is 7.61. The summed E-state index contributed by atoms with van der Waals surface area (Å²) in [7, 11) is -3.57. The molecule has 0 spiro atoms. The van der Waals surface area contributed by atoms with Crippen molar-refractivity contribution in [2.45, 2.75) is 12.3 Å². The number of benzene rings is 1. The molecule has 1 amide bonds. The molecule has 0 saturated heterocycles. The van der Waals surface area contributed by atoms with Gasteiger partial charge in [-0.3, -0.25) is 4.79 Å². The van der Waals surface area contributed by atoms with Crippen LogP contribution in [0, 0.1) is 5.82 Å². The molecule has 1 heterocycles. The highest BCUT2D eigenvalue weighted by Crippen LogP contribution is 2.09. The lowest BCUT2D eigenvalue weighted by atomic mass is 10.2. The Balaban J connectivity index is 1.88. The predicted octanol–water partition coefficient (Wildman–Crippen LogP) is 2.12. The summed E-state index contributed by atoms with van der Waals surface area (Å²) in [5, 5.41) is 4.45. The van der Waals surface area contributed by atoms with Gasteiger partial charge in [-0.2, -0.15) is 0 Å². The van der Waals surface area contributed by atoms with Crippen molar-refractivity contribution < 1.29 is 17.6 Å². The van der Waals surface area contributed by atoms with E-state index in [1.807, 2.05) is 17.5 Å². The highest BCUT2D eigenvalue weighted by molar-refractivity contribution is 7.91. The van der Waals surface area contributed by atoms with Gasteiger partial charge in [-0.15, -0.1) is 11.3 Å². The van der Waals surface area contributed by atoms with Crippen LogP contribution in [0.5, 0.6) is 0 Å². The Kier molecular flexibility index (Phi) is 5.08. The topological polar surface area (TPSA) is 63.2 Å². The second-order valence-electron chi connectivity index (χ2n) is 4.51. The van der Waals surface area contributed by atoms with Crippen molar-refractivity contribution in [2.75, 3.05) is 5.75 Å². The third kappa shape index (κ3) is 5.28. The van der Waals surface area contributed by atoms with Crippen LogP contribution in [0.15, 0.2) is 41.8 Å². The first-order valence-corrected chi connectivity index (χ1v) is 8.89. The maximum Gasteiger partial charge on any atom is 0.235 e. The number of nitrogens with one attached hydrogen (secondary N) is 1. The van der Waals surface area contributed by atoms with Crippen LogP contribution in [-0.2, 0) is 26.9 Å². The van der Waals surface area contributed by atoms with E-state index in [1.165, 1.54) is 35.6 Å². The highest BCUT2D eigenvalue weighted by Gasteiger charge is 2.17. The second kappa shape index (κ2) is 6.82. The lowest BCUT2D eigenvalue weighted by molar-refractivity contribution is -0.118. The molecule has 1 N–H and O–H groups in total. The zero-order chi connectivity index (χ0) is 15.3. The van der Waals surface area contributed by atoms with Gasteiger partial charge < -0.3 is 5.32 Å². The Hall–Kier alpha value is -1.73. The molecule has 1 aromatic heterocycles. The first kappa shape index (κ1) is 15.7. The number of thiophene rings is 1. The SMILES string of the molecule is O=C(CS(=O)(=O)Cc1ccc(F)cc1)NCc1cccs1. The molecule has 4 nitrogen and oxygen atoms in total. The molecule has 0 radical (unpaired) electrons. The summed E-state index contributed by atoms with van der Waals surface area (Å²) in [5.41, 5.74) is 0.461. The average Bonchev–Trinajstić information content (AvgIpc) is 2.91. The van der Waals surface area contributed by atoms with E-state index in [4.69, 9.17) is 0 Å². The lowest BCUT2D eigenvalue weighted by Gasteiger charge is -2.06. The van der Waals surface area contributed by atoms with Crippen molar-refractivity contribution in [3.05, 3.63) is 58.0 Å². The largest absolute Gasteiger partial charge is 0.350 e. The normalized spacial score (nSPS) is 11.3. The van der Waals surface area contributed by atoms with Gasteiger partial charge >= 0.3 is 0 Å². The summed E-state index contributed by atoms with van der Waals surface area (Å²) in [5.74, 6) is -1.81. The maximum absolute atomic E-state index is 12.8. The van der Waals surface area contributed by atoms with Gasteiger partial charge in [0, 0.05) is 4.88 Å². The molecule has 2 rings (SSSR count). The Morgan fingerprint density at radius 1 is 1.19 bits per heavy atom. The van der Waals surface area contributed by atoms with Crippen LogP contribution in [0.25, 0.3) is 0 Å². The van der Waals surface area contributed by atoms with Crippen molar-refractivity contribution in [3.8, 4) is 0 Å². The van der Waals surface area contributed by atoms with Gasteiger partial charge in [-0.1, -0.05) is 18.2 Å². The molecular weight excluding hydrogens is 313 g/mol. The Morgan fingerprint density at radius 2 is 1.90 bits per heavy atom. The average molecular weight is 327 g/mol. The molecular formula is C14H14FNO3S2. The minimum atomic E-state index is -3.57. The van der Waals surface area contributed by atoms with Crippen LogP contribution >= 0.6 is 11.3 Å². The molecule has 0 atom stereocenters. The summed E-state index contributed by atoms with van der Waals surface area (Å²) in [6.07, 6.45) is 0. The first-order valence-electron chi connectivity index (χ1n) is 6.18. The van der Waals surface area contributed by atoms with E-state index in [1.54, 1.807) is 0 Å². The van der Waals surface area contributed by atoms with E-state index in [-0.39, 0.29) is 5.75 Å². The minimum Gasteiger partial charge on any atom is -0.350 e. The third-order valence-corrected chi connectivity index (χ3v) is 5.04. The maximum atomic E-state index is 12.8. The number of carbonyl (C=O) groups is 1. The smallest absolute Gasteiger partial charge is 0.235 e. The van der Waals surface area contributed by atoms with E-state index in [9.17, 15) is 17.6 Å². The van der Waals surface area contributed by atoms with Crippen LogP contribution in [0.3, 0.4) is 0 Å². The molecule has 0 unspecified atom stereocenters. The van der Waals surface area contributed by atoms with Gasteiger partial charge in [0.05, 0.1) is 12.3 Å². The number of carbonyl (C=O) groups excluding carboxylic acids is 1. The van der Waals surface area contributed by atoms with E-state index in [0.29, 0.717) is 12.1 Å². The lowest BCUT2D eigenvalue weighted by Crippen LogP contribution is -2.30. The van der Waals surface area contributed by atoms with E-state index >= 15 is 0 Å². The van der Waals surface area contributed by atoms with Crippen molar-refractivity contribution in [3.63, 3.8) is 0 Å². The Labute approximate surface area is 126 Å². The van der Waals surface area contributed by atoms with Gasteiger partial charge in [0.1, 0.15) is 11.6 Å². The summed E-state index contributed by atoms with van der Waals surface area (Å²) < 4.78 is 36.6. The van der Waals surface area contributed by atoms with Crippen LogP contribution < -0.4 is 5.32 Å². The van der Waals surface area contributed by atoms with Crippen LogP contribution in [-0.4, -0.2) is 20.1 Å². The molecule has 112 valence electrons. The quantitative estimate of drug-likeness (QED) is 0.884. The molecule has 0 saturated carbocycles. The molecule has 7 heteroatoms. The Bertz CT molecular complexity index is 694. The summed E-state index contributed by atoms with van der Waals surface area (Å²) in [6, 6.07) is 8.91. The summed E-state index contributed by atoms with van der Waals surface area (Å²) in [4.78, 5) is 12.6. The Morgan fingerprint density at radius 3 is 2.52 bits per heavy atom. The zero-order valence-electron chi connectivity index (χ0n) is 11.1. The first-order chi connectivity index (χ1) is 9.94. The number of rotatable bonds is 6. The number of hydrogen-bond donors (Lipinski definition) is 1. The highest BCUT2D eigenvalue weighted by atomic mass is 32.2. The van der Waals surface area contributed by atoms with Crippen molar-refractivity contribution >= 4 is 27.1 Å². The van der Waals surface area contributed by atoms with Gasteiger partial charge in [0.25, 0.3) is 0 Å². The fourth-order valence-corrected chi connectivity index (χ4v) is 3.68. The minimum absolute atomic E-state index is 0.278. The molecule has 0 aliphatic rings. The van der Waals surface area contributed by atoms with Crippen molar-refractivity contribution in [1.29, 1.82) is 0 Å². The van der Waals surface area contributed by atoms with Crippen molar-refractivity contribution in [1.82, 2.24) is 5.32 Å².